The molecule has 0 saturated heterocycles. The highest BCUT2D eigenvalue weighted by atomic mass is 32.2. The number of benzene rings is 2. The van der Waals surface area contributed by atoms with Crippen molar-refractivity contribution in [2.45, 2.75) is 44.9 Å². The Morgan fingerprint density at radius 2 is 1.64 bits per heavy atom. The van der Waals surface area contributed by atoms with E-state index in [9.17, 15) is 17.2 Å². The largest absolute Gasteiger partial charge is 0.238 e. The van der Waals surface area contributed by atoms with Crippen LogP contribution in [0.2, 0.25) is 0 Å². The number of halogens is 2. The van der Waals surface area contributed by atoms with Crippen molar-refractivity contribution in [2.75, 3.05) is 0 Å². The first-order chi connectivity index (χ1) is 11.6. The maximum absolute atomic E-state index is 13.5. The molecule has 2 aromatic rings. The number of rotatable bonds is 5. The van der Waals surface area contributed by atoms with Crippen LogP contribution in [0, 0.1) is 17.6 Å². The molecule has 0 atom stereocenters. The van der Waals surface area contributed by atoms with E-state index < -0.39 is 21.7 Å². The van der Waals surface area contributed by atoms with Crippen LogP contribution in [0.5, 0.6) is 0 Å². The van der Waals surface area contributed by atoms with Crippen LogP contribution < -0.4 is 5.14 Å². The molecule has 2 N–H and O–H groups in total. The number of hydrogen-bond acceptors (Lipinski definition) is 2. The number of primary sulfonamides is 1. The van der Waals surface area contributed by atoms with Gasteiger partial charge in [-0.1, -0.05) is 52.2 Å². The Bertz CT molecular complexity index is 773. The smallest absolute Gasteiger partial charge is 0.225 e. The van der Waals surface area contributed by atoms with E-state index in [1.165, 1.54) is 49.6 Å². The van der Waals surface area contributed by atoms with Crippen LogP contribution in [0.4, 0.5) is 8.78 Å². The van der Waals surface area contributed by atoms with E-state index in [1.807, 2.05) is 0 Å². The topological polar surface area (TPSA) is 60.2 Å². The maximum atomic E-state index is 13.5. The van der Waals surface area contributed by atoms with Gasteiger partial charge in [-0.05, 0) is 35.7 Å². The van der Waals surface area contributed by atoms with E-state index in [2.05, 4.69) is 20.8 Å². The highest BCUT2D eigenvalue weighted by Gasteiger charge is 2.10. The van der Waals surface area contributed by atoms with Crippen molar-refractivity contribution >= 4 is 10.0 Å². The van der Waals surface area contributed by atoms with Crippen molar-refractivity contribution in [2.24, 2.45) is 11.1 Å². The van der Waals surface area contributed by atoms with Gasteiger partial charge in [0.1, 0.15) is 11.6 Å². The molecule has 2 aromatic carbocycles. The molecule has 3 nitrogen and oxygen atoms in total. The first-order valence-corrected chi connectivity index (χ1v) is 9.78. The second kappa shape index (κ2) is 9.63. The van der Waals surface area contributed by atoms with Gasteiger partial charge < -0.3 is 0 Å². The van der Waals surface area contributed by atoms with Gasteiger partial charge in [0.05, 0.1) is 4.90 Å². The van der Waals surface area contributed by atoms with Gasteiger partial charge in [-0.15, -0.1) is 0 Å². The fourth-order valence-corrected chi connectivity index (χ4v) is 2.68. The third-order valence-electron chi connectivity index (χ3n) is 3.56. The Kier molecular flexibility index (Phi) is 8.19. The number of hydrogen-bond donors (Lipinski definition) is 1. The summed E-state index contributed by atoms with van der Waals surface area (Å²) in [6, 6.07) is 8.55. The molecule has 0 spiro atoms. The molecule has 2 rings (SSSR count). The molecule has 0 radical (unpaired) electrons. The Morgan fingerprint density at radius 3 is 2.04 bits per heavy atom. The van der Waals surface area contributed by atoms with Crippen molar-refractivity contribution in [1.29, 1.82) is 0 Å². The third kappa shape index (κ3) is 7.32. The van der Waals surface area contributed by atoms with Crippen LogP contribution in [-0.2, 0) is 10.0 Å². The lowest BCUT2D eigenvalue weighted by Crippen LogP contribution is -2.11. The van der Waals surface area contributed by atoms with Crippen molar-refractivity contribution in [3.8, 4) is 11.1 Å². The fraction of sp³-hybridized carbons (Fsp3) is 0.368. The van der Waals surface area contributed by atoms with E-state index in [1.54, 1.807) is 0 Å². The minimum Gasteiger partial charge on any atom is -0.225 e. The molecule has 0 fully saturated rings. The van der Waals surface area contributed by atoms with Gasteiger partial charge in [-0.2, -0.15) is 0 Å². The van der Waals surface area contributed by atoms with Gasteiger partial charge >= 0.3 is 0 Å². The summed E-state index contributed by atoms with van der Waals surface area (Å²) in [4.78, 5) is -0.0613. The highest BCUT2D eigenvalue weighted by molar-refractivity contribution is 7.89. The van der Waals surface area contributed by atoms with Crippen LogP contribution in [-0.4, -0.2) is 8.42 Å². The summed E-state index contributed by atoms with van der Waals surface area (Å²) < 4.78 is 48.3. The summed E-state index contributed by atoms with van der Waals surface area (Å²) in [7, 11) is -3.77. The minimum atomic E-state index is -3.77. The second-order valence-corrected chi connectivity index (χ2v) is 7.79. The van der Waals surface area contributed by atoms with E-state index in [0.717, 1.165) is 18.1 Å². The van der Waals surface area contributed by atoms with Crippen LogP contribution >= 0.6 is 0 Å². The first kappa shape index (κ1) is 21.3. The molecular weight excluding hydrogens is 344 g/mol. The fourth-order valence-electron chi connectivity index (χ4n) is 2.16. The lowest BCUT2D eigenvalue weighted by molar-refractivity contribution is 0.550. The van der Waals surface area contributed by atoms with Gasteiger partial charge in [-0.3, -0.25) is 0 Å². The van der Waals surface area contributed by atoms with Gasteiger partial charge in [-0.25, -0.2) is 22.3 Å². The van der Waals surface area contributed by atoms with Gasteiger partial charge in [0.25, 0.3) is 0 Å². The predicted octanol–water partition coefficient (Wildman–Crippen LogP) is 5.11. The summed E-state index contributed by atoms with van der Waals surface area (Å²) in [5.74, 6) is -0.476. The molecule has 25 heavy (non-hydrogen) atoms. The molecule has 6 heteroatoms. The lowest BCUT2D eigenvalue weighted by Gasteiger charge is -2.04. The lowest BCUT2D eigenvalue weighted by atomic mass is 10.1. The van der Waals surface area contributed by atoms with Crippen molar-refractivity contribution in [3.63, 3.8) is 0 Å². The number of nitrogens with two attached hydrogens (primary N) is 1. The normalized spacial score (nSPS) is 11.2. The van der Waals surface area contributed by atoms with Crippen LogP contribution in [0.3, 0.4) is 0 Å². The monoisotopic (exact) mass is 369 g/mol. The zero-order valence-electron chi connectivity index (χ0n) is 14.8. The zero-order valence-corrected chi connectivity index (χ0v) is 15.6. The third-order valence-corrected chi connectivity index (χ3v) is 4.49. The van der Waals surface area contributed by atoms with Crippen molar-refractivity contribution in [3.05, 3.63) is 54.1 Å². The molecule has 0 heterocycles. The second-order valence-electron chi connectivity index (χ2n) is 6.23. The maximum Gasteiger partial charge on any atom is 0.238 e. The molecular formula is C19H25F2NO2S. The molecule has 0 aromatic heterocycles. The summed E-state index contributed by atoms with van der Waals surface area (Å²) in [6.45, 7) is 6.79. The summed E-state index contributed by atoms with van der Waals surface area (Å²) in [6.07, 6.45) is 4.15. The minimum absolute atomic E-state index is 0.0613. The standard InChI is InChI=1S/C12H9F2NO2S.C7H16/c13-9-3-6-11(12(14)7-9)8-1-4-10(5-2-8)18(15,16)17;1-4-5-6-7(2)3/h1-7H,(H2,15,16,17);7H,4-6H2,1-3H3. The Balaban J connectivity index is 0.000000381. The number of sulfonamides is 1. The van der Waals surface area contributed by atoms with E-state index in [-0.39, 0.29) is 10.5 Å². The van der Waals surface area contributed by atoms with Crippen LogP contribution in [0.1, 0.15) is 40.0 Å². The molecule has 0 aliphatic carbocycles. The SMILES string of the molecule is CCCCC(C)C.NS(=O)(=O)c1ccc(-c2ccc(F)cc2F)cc1. The predicted molar refractivity (Wildman–Crippen MR) is 97.5 cm³/mol. The Labute approximate surface area is 148 Å². The van der Waals surface area contributed by atoms with E-state index in [4.69, 9.17) is 5.14 Å². The summed E-state index contributed by atoms with van der Waals surface area (Å²) >= 11 is 0. The van der Waals surface area contributed by atoms with Crippen molar-refractivity contribution in [1.82, 2.24) is 0 Å². The van der Waals surface area contributed by atoms with Crippen LogP contribution in [0.25, 0.3) is 11.1 Å². The summed E-state index contributed by atoms with van der Waals surface area (Å²) in [5, 5.41) is 4.94. The van der Waals surface area contributed by atoms with E-state index in [0.29, 0.717) is 5.56 Å². The van der Waals surface area contributed by atoms with Gasteiger partial charge in [0.2, 0.25) is 10.0 Å². The molecule has 0 saturated carbocycles. The quantitative estimate of drug-likeness (QED) is 0.796. The summed E-state index contributed by atoms with van der Waals surface area (Å²) in [5.41, 5.74) is 0.636. The van der Waals surface area contributed by atoms with E-state index >= 15 is 0 Å². The van der Waals surface area contributed by atoms with Crippen molar-refractivity contribution < 1.29 is 17.2 Å². The van der Waals surface area contributed by atoms with Gasteiger partial charge in [0.15, 0.2) is 0 Å². The first-order valence-electron chi connectivity index (χ1n) is 8.23. The molecule has 138 valence electrons. The Hall–Kier alpha value is -1.79. The average Bonchev–Trinajstić information content (AvgIpc) is 2.53. The molecule has 0 unspecified atom stereocenters. The van der Waals surface area contributed by atoms with Gasteiger partial charge in [0, 0.05) is 11.6 Å². The molecule has 0 amide bonds. The number of unbranched alkanes of at least 4 members (excludes halogenated alkanes) is 1. The average molecular weight is 369 g/mol. The molecule has 0 aliphatic rings. The zero-order chi connectivity index (χ0) is 19.0. The molecule has 0 bridgehead atoms. The molecule has 0 aliphatic heterocycles. The Morgan fingerprint density at radius 1 is 1.04 bits per heavy atom. The highest BCUT2D eigenvalue weighted by Crippen LogP contribution is 2.24. The van der Waals surface area contributed by atoms with Crippen LogP contribution in [0.15, 0.2) is 47.4 Å².